The van der Waals surface area contributed by atoms with Gasteiger partial charge in [-0.15, -0.1) is 0 Å². The van der Waals surface area contributed by atoms with Crippen LogP contribution in [-0.2, 0) is 4.79 Å². The van der Waals surface area contributed by atoms with Crippen LogP contribution in [0.1, 0.15) is 46.5 Å². The number of piperidine rings is 1. The highest BCUT2D eigenvalue weighted by atomic mass is 16.4. The number of carboxylic acid groups (broad SMARTS) is 1. The second-order valence-electron chi connectivity index (χ2n) is 4.97. The number of hydrogen-bond acceptors (Lipinski definition) is 2. The molecule has 1 aliphatic rings. The van der Waals surface area contributed by atoms with Crippen LogP contribution in [0.15, 0.2) is 0 Å². The van der Waals surface area contributed by atoms with Crippen molar-refractivity contribution < 1.29 is 9.90 Å². The molecule has 0 aliphatic carbocycles. The zero-order valence-corrected chi connectivity index (χ0v) is 10.1. The number of rotatable bonds is 4. The van der Waals surface area contributed by atoms with E-state index >= 15 is 0 Å². The molecule has 0 saturated carbocycles. The van der Waals surface area contributed by atoms with Crippen LogP contribution >= 0.6 is 0 Å². The average Bonchev–Trinajstić information content (AvgIpc) is 2.16. The summed E-state index contributed by atoms with van der Waals surface area (Å²) >= 11 is 0. The van der Waals surface area contributed by atoms with E-state index in [4.69, 9.17) is 5.11 Å². The molecule has 1 N–H and O–H groups in total. The molecule has 1 heterocycles. The Morgan fingerprint density at radius 2 is 2.07 bits per heavy atom. The van der Waals surface area contributed by atoms with E-state index in [1.807, 2.05) is 0 Å². The van der Waals surface area contributed by atoms with Gasteiger partial charge in [-0.3, -0.25) is 9.69 Å². The van der Waals surface area contributed by atoms with Crippen molar-refractivity contribution in [1.29, 1.82) is 0 Å². The zero-order valence-electron chi connectivity index (χ0n) is 10.1. The second-order valence-corrected chi connectivity index (χ2v) is 4.97. The SMILES string of the molecule is CC(C)C(C)N1CCCCC1CC(=O)O. The van der Waals surface area contributed by atoms with E-state index in [-0.39, 0.29) is 6.04 Å². The highest BCUT2D eigenvalue weighted by Gasteiger charge is 2.29. The van der Waals surface area contributed by atoms with Crippen molar-refractivity contribution in [3.05, 3.63) is 0 Å². The van der Waals surface area contributed by atoms with Crippen LogP contribution in [0.2, 0.25) is 0 Å². The van der Waals surface area contributed by atoms with Crippen LogP contribution < -0.4 is 0 Å². The lowest BCUT2D eigenvalue weighted by Crippen LogP contribution is -2.47. The maximum absolute atomic E-state index is 10.8. The minimum Gasteiger partial charge on any atom is -0.481 e. The molecule has 0 aromatic carbocycles. The molecule has 1 fully saturated rings. The van der Waals surface area contributed by atoms with Crippen molar-refractivity contribution in [1.82, 2.24) is 4.90 Å². The van der Waals surface area contributed by atoms with E-state index < -0.39 is 5.97 Å². The van der Waals surface area contributed by atoms with Crippen LogP contribution in [-0.4, -0.2) is 34.6 Å². The molecule has 1 rings (SSSR count). The van der Waals surface area contributed by atoms with Gasteiger partial charge < -0.3 is 5.11 Å². The molecule has 3 nitrogen and oxygen atoms in total. The fourth-order valence-electron chi connectivity index (χ4n) is 2.36. The number of carboxylic acids is 1. The molecule has 15 heavy (non-hydrogen) atoms. The molecule has 0 radical (unpaired) electrons. The maximum atomic E-state index is 10.8. The van der Waals surface area contributed by atoms with Gasteiger partial charge in [0.2, 0.25) is 0 Å². The monoisotopic (exact) mass is 213 g/mol. The Kier molecular flexibility index (Phi) is 4.58. The van der Waals surface area contributed by atoms with Crippen molar-refractivity contribution in [3.8, 4) is 0 Å². The topological polar surface area (TPSA) is 40.5 Å². The highest BCUT2D eigenvalue weighted by Crippen LogP contribution is 2.24. The molecule has 2 atom stereocenters. The fourth-order valence-corrected chi connectivity index (χ4v) is 2.36. The number of carbonyl (C=O) groups is 1. The first kappa shape index (κ1) is 12.5. The molecular formula is C12H23NO2. The molecule has 0 aromatic rings. The summed E-state index contributed by atoms with van der Waals surface area (Å²) in [6.45, 7) is 7.69. The Hall–Kier alpha value is -0.570. The van der Waals surface area contributed by atoms with Gasteiger partial charge in [-0.1, -0.05) is 20.3 Å². The van der Waals surface area contributed by atoms with Crippen LogP contribution in [0.25, 0.3) is 0 Å². The van der Waals surface area contributed by atoms with Gasteiger partial charge in [0.25, 0.3) is 0 Å². The largest absolute Gasteiger partial charge is 0.481 e. The third-order valence-electron chi connectivity index (χ3n) is 3.57. The summed E-state index contributed by atoms with van der Waals surface area (Å²) in [5, 5.41) is 8.88. The number of hydrogen-bond donors (Lipinski definition) is 1. The van der Waals surface area contributed by atoms with Crippen molar-refractivity contribution in [2.75, 3.05) is 6.54 Å². The predicted octanol–water partition coefficient (Wildman–Crippen LogP) is 2.36. The Balaban J connectivity index is 2.60. The van der Waals surface area contributed by atoms with Crippen LogP contribution in [0.5, 0.6) is 0 Å². The minimum absolute atomic E-state index is 0.258. The number of aliphatic carboxylic acids is 1. The molecule has 88 valence electrons. The van der Waals surface area contributed by atoms with Gasteiger partial charge in [0.15, 0.2) is 0 Å². The van der Waals surface area contributed by atoms with Crippen molar-refractivity contribution >= 4 is 5.97 Å². The fraction of sp³-hybridized carbons (Fsp3) is 0.917. The van der Waals surface area contributed by atoms with Gasteiger partial charge in [0, 0.05) is 12.1 Å². The van der Waals surface area contributed by atoms with Crippen LogP contribution in [0, 0.1) is 5.92 Å². The smallest absolute Gasteiger partial charge is 0.304 e. The molecule has 3 heteroatoms. The van der Waals surface area contributed by atoms with Crippen LogP contribution in [0.4, 0.5) is 0 Å². The summed E-state index contributed by atoms with van der Waals surface area (Å²) in [7, 11) is 0. The summed E-state index contributed by atoms with van der Waals surface area (Å²) in [5.74, 6) is -0.0674. The van der Waals surface area contributed by atoms with Gasteiger partial charge in [0.1, 0.15) is 0 Å². The standard InChI is InChI=1S/C12H23NO2/c1-9(2)10(3)13-7-5-4-6-11(13)8-12(14)15/h9-11H,4-8H2,1-3H3,(H,14,15). The molecule has 0 aromatic heterocycles. The molecule has 0 spiro atoms. The Labute approximate surface area is 92.5 Å². The minimum atomic E-state index is -0.664. The lowest BCUT2D eigenvalue weighted by atomic mass is 9.94. The van der Waals surface area contributed by atoms with E-state index in [1.165, 1.54) is 12.8 Å². The second kappa shape index (κ2) is 5.50. The van der Waals surface area contributed by atoms with Gasteiger partial charge in [0.05, 0.1) is 6.42 Å². The third kappa shape index (κ3) is 3.49. The number of likely N-dealkylation sites (tertiary alicyclic amines) is 1. The van der Waals surface area contributed by atoms with Crippen LogP contribution in [0.3, 0.4) is 0 Å². The van der Waals surface area contributed by atoms with Gasteiger partial charge >= 0.3 is 5.97 Å². The summed E-state index contributed by atoms with van der Waals surface area (Å²) in [6, 6.07) is 0.753. The molecule has 1 saturated heterocycles. The highest BCUT2D eigenvalue weighted by molar-refractivity contribution is 5.67. The Morgan fingerprint density at radius 1 is 1.40 bits per heavy atom. The van der Waals surface area contributed by atoms with Crippen molar-refractivity contribution in [3.63, 3.8) is 0 Å². The summed E-state index contributed by atoms with van der Waals surface area (Å²) in [5.41, 5.74) is 0. The Morgan fingerprint density at radius 3 is 2.60 bits per heavy atom. The zero-order chi connectivity index (χ0) is 11.4. The summed E-state index contributed by atoms with van der Waals surface area (Å²) in [4.78, 5) is 13.2. The predicted molar refractivity (Wildman–Crippen MR) is 60.9 cm³/mol. The quantitative estimate of drug-likeness (QED) is 0.779. The van der Waals surface area contributed by atoms with Gasteiger partial charge in [-0.2, -0.15) is 0 Å². The first-order valence-corrected chi connectivity index (χ1v) is 6.00. The number of nitrogens with zero attached hydrogens (tertiary/aromatic N) is 1. The van der Waals surface area contributed by atoms with Gasteiger partial charge in [-0.05, 0) is 32.2 Å². The Bertz CT molecular complexity index is 216. The molecular weight excluding hydrogens is 190 g/mol. The molecule has 0 amide bonds. The molecule has 1 aliphatic heterocycles. The first-order valence-electron chi connectivity index (χ1n) is 6.00. The summed E-state index contributed by atoms with van der Waals surface area (Å²) in [6.07, 6.45) is 3.74. The molecule has 2 unspecified atom stereocenters. The first-order chi connectivity index (χ1) is 7.02. The van der Waals surface area contributed by atoms with E-state index in [0.29, 0.717) is 18.4 Å². The lowest BCUT2D eigenvalue weighted by Gasteiger charge is -2.41. The van der Waals surface area contributed by atoms with Crippen molar-refractivity contribution in [2.45, 2.75) is 58.5 Å². The normalized spacial score (nSPS) is 25.5. The molecule has 0 bridgehead atoms. The van der Waals surface area contributed by atoms with E-state index in [1.54, 1.807) is 0 Å². The van der Waals surface area contributed by atoms with E-state index in [9.17, 15) is 4.79 Å². The van der Waals surface area contributed by atoms with Crippen molar-refractivity contribution in [2.24, 2.45) is 5.92 Å². The maximum Gasteiger partial charge on any atom is 0.304 e. The summed E-state index contributed by atoms with van der Waals surface area (Å²) < 4.78 is 0. The van der Waals surface area contributed by atoms with Gasteiger partial charge in [-0.25, -0.2) is 0 Å². The van der Waals surface area contributed by atoms with E-state index in [2.05, 4.69) is 25.7 Å². The lowest BCUT2D eigenvalue weighted by molar-refractivity contribution is -0.139. The van der Waals surface area contributed by atoms with E-state index in [0.717, 1.165) is 13.0 Å². The average molecular weight is 213 g/mol. The third-order valence-corrected chi connectivity index (χ3v) is 3.57.